The van der Waals surface area contributed by atoms with Gasteiger partial charge in [-0.2, -0.15) is 0 Å². The number of nitrogens with one attached hydrogen (secondary N) is 1. The molecule has 2 aromatic rings. The molecule has 128 valence electrons. The summed E-state index contributed by atoms with van der Waals surface area (Å²) < 4.78 is 27.1. The number of nitrogens with zero attached hydrogens (tertiary/aromatic N) is 3. The predicted molar refractivity (Wildman–Crippen MR) is 97.8 cm³/mol. The summed E-state index contributed by atoms with van der Waals surface area (Å²) in [5.41, 5.74) is 2.37. The van der Waals surface area contributed by atoms with Crippen LogP contribution < -0.4 is 10.2 Å². The Labute approximate surface area is 149 Å². The summed E-state index contributed by atoms with van der Waals surface area (Å²) in [6.07, 6.45) is 1.69. The minimum atomic E-state index is -3.39. The average molecular weight is 374 g/mol. The molecular weight excluding hydrogens is 360 g/mol. The molecule has 0 atom stereocenters. The third-order valence-corrected chi connectivity index (χ3v) is 6.19. The lowest BCUT2D eigenvalue weighted by molar-refractivity contribution is 0.102. The molecular formula is C16H14N4O3S2. The first-order valence-corrected chi connectivity index (χ1v) is 10.00. The normalized spacial score (nSPS) is 17.5. The molecule has 4 rings (SSSR count). The third kappa shape index (κ3) is 3.12. The highest BCUT2D eigenvalue weighted by Crippen LogP contribution is 2.42. The van der Waals surface area contributed by atoms with Crippen LogP contribution in [0.2, 0.25) is 0 Å². The molecule has 0 aliphatic carbocycles. The number of aromatic nitrogens is 1. The molecule has 0 spiro atoms. The number of aryl methyl sites for hydroxylation is 1. The molecule has 1 aromatic carbocycles. The number of carbonyl (C=O) groups excluding carboxylic acids is 1. The number of fused-ring (bicyclic) bond motifs is 3. The summed E-state index contributed by atoms with van der Waals surface area (Å²) in [6.45, 7) is 2.30. The van der Waals surface area contributed by atoms with Gasteiger partial charge in [0.15, 0.2) is 5.17 Å². The lowest BCUT2D eigenvalue weighted by atomic mass is 10.2. The second-order valence-corrected chi connectivity index (χ2v) is 8.53. The summed E-state index contributed by atoms with van der Waals surface area (Å²) in [5.74, 6) is 0.216. The lowest BCUT2D eigenvalue weighted by Crippen LogP contribution is -2.35. The minimum absolute atomic E-state index is 0.00215. The average Bonchev–Trinajstić information content (AvgIpc) is 2.91. The molecule has 1 amide bonds. The summed E-state index contributed by atoms with van der Waals surface area (Å²) in [5, 5.41) is 3.20. The number of anilines is 2. The van der Waals surface area contributed by atoms with Gasteiger partial charge in [0, 0.05) is 23.2 Å². The van der Waals surface area contributed by atoms with Crippen molar-refractivity contribution in [1.29, 1.82) is 0 Å². The second kappa shape index (κ2) is 5.85. The highest BCUT2D eigenvalue weighted by atomic mass is 32.2. The topological polar surface area (TPSA) is 91.7 Å². The molecule has 2 aliphatic heterocycles. The molecule has 0 fully saturated rings. The zero-order chi connectivity index (χ0) is 17.6. The van der Waals surface area contributed by atoms with E-state index in [0.29, 0.717) is 23.1 Å². The van der Waals surface area contributed by atoms with E-state index in [4.69, 9.17) is 0 Å². The van der Waals surface area contributed by atoms with Crippen LogP contribution in [0.25, 0.3) is 0 Å². The largest absolute Gasteiger partial charge is 0.318 e. The number of hydrogen-bond acceptors (Lipinski definition) is 6. The Morgan fingerprint density at radius 2 is 2.12 bits per heavy atom. The van der Waals surface area contributed by atoms with E-state index < -0.39 is 10.0 Å². The van der Waals surface area contributed by atoms with E-state index >= 15 is 0 Å². The maximum Gasteiger partial charge on any atom is 0.257 e. The number of thioether (sulfide) groups is 1. The standard InChI is InChI=1S/C16H14N4O3S2/c1-10-2-5-14(17-9-10)18-15(21)11-3-4-12-13(8-11)24-16-19-25(22,23)7-6-20(12)16/h2-5,8-9H,6-7H2,1H3,(H,17,18,21). The van der Waals surface area contributed by atoms with E-state index in [0.717, 1.165) is 16.1 Å². The highest BCUT2D eigenvalue weighted by Gasteiger charge is 2.33. The Morgan fingerprint density at radius 3 is 2.88 bits per heavy atom. The van der Waals surface area contributed by atoms with E-state index in [1.165, 1.54) is 11.8 Å². The van der Waals surface area contributed by atoms with Gasteiger partial charge in [-0.15, -0.1) is 4.40 Å². The molecule has 0 unspecified atom stereocenters. The van der Waals surface area contributed by atoms with E-state index in [9.17, 15) is 13.2 Å². The van der Waals surface area contributed by atoms with Gasteiger partial charge in [-0.05, 0) is 48.5 Å². The first kappa shape index (κ1) is 16.1. The maximum absolute atomic E-state index is 12.4. The van der Waals surface area contributed by atoms with Crippen molar-refractivity contribution in [3.8, 4) is 0 Å². The zero-order valence-corrected chi connectivity index (χ0v) is 14.9. The molecule has 7 nitrogen and oxygen atoms in total. The molecule has 25 heavy (non-hydrogen) atoms. The second-order valence-electron chi connectivity index (χ2n) is 5.77. The molecule has 0 saturated carbocycles. The molecule has 0 radical (unpaired) electrons. The zero-order valence-electron chi connectivity index (χ0n) is 13.3. The first-order valence-electron chi connectivity index (χ1n) is 7.57. The number of hydrogen-bond donors (Lipinski definition) is 1. The molecule has 3 heterocycles. The first-order chi connectivity index (χ1) is 11.9. The molecule has 9 heteroatoms. The van der Waals surface area contributed by atoms with Crippen LogP contribution in [0.4, 0.5) is 11.5 Å². The summed E-state index contributed by atoms with van der Waals surface area (Å²) in [4.78, 5) is 19.3. The minimum Gasteiger partial charge on any atom is -0.318 e. The van der Waals surface area contributed by atoms with E-state index in [1.807, 2.05) is 24.0 Å². The number of rotatable bonds is 2. The smallest absolute Gasteiger partial charge is 0.257 e. The van der Waals surface area contributed by atoms with Gasteiger partial charge in [-0.3, -0.25) is 4.79 Å². The molecule has 1 N–H and O–H groups in total. The Morgan fingerprint density at radius 1 is 1.28 bits per heavy atom. The lowest BCUT2D eigenvalue weighted by Gasteiger charge is -2.22. The fraction of sp³-hybridized carbons (Fsp3) is 0.188. The van der Waals surface area contributed by atoms with Gasteiger partial charge in [-0.25, -0.2) is 13.4 Å². The van der Waals surface area contributed by atoms with Crippen molar-refractivity contribution in [3.63, 3.8) is 0 Å². The van der Waals surface area contributed by atoms with Crippen LogP contribution in [0.15, 0.2) is 45.8 Å². The van der Waals surface area contributed by atoms with Crippen molar-refractivity contribution in [2.45, 2.75) is 11.8 Å². The van der Waals surface area contributed by atoms with Gasteiger partial charge in [0.2, 0.25) is 0 Å². The van der Waals surface area contributed by atoms with Crippen LogP contribution in [0.3, 0.4) is 0 Å². The third-order valence-electron chi connectivity index (χ3n) is 3.89. The Bertz CT molecular complexity index is 1000. The number of amidine groups is 1. The van der Waals surface area contributed by atoms with Crippen molar-refractivity contribution < 1.29 is 13.2 Å². The maximum atomic E-state index is 12.4. The summed E-state index contributed by atoms with van der Waals surface area (Å²) in [6, 6.07) is 8.90. The van der Waals surface area contributed by atoms with Gasteiger partial charge in [0.1, 0.15) is 5.82 Å². The monoisotopic (exact) mass is 374 g/mol. The van der Waals surface area contributed by atoms with Crippen LogP contribution in [0.1, 0.15) is 15.9 Å². The molecule has 2 aliphatic rings. The number of sulfonamides is 1. The fourth-order valence-electron chi connectivity index (χ4n) is 2.60. The number of pyridine rings is 1. The van der Waals surface area contributed by atoms with Crippen molar-refractivity contribution in [1.82, 2.24) is 4.98 Å². The Balaban J connectivity index is 1.59. The van der Waals surface area contributed by atoms with Crippen LogP contribution in [-0.2, 0) is 10.0 Å². The Hall–Kier alpha value is -2.39. The van der Waals surface area contributed by atoms with E-state index in [-0.39, 0.29) is 11.7 Å². The van der Waals surface area contributed by atoms with Crippen molar-refractivity contribution in [2.24, 2.45) is 4.40 Å². The van der Waals surface area contributed by atoms with E-state index in [2.05, 4.69) is 14.7 Å². The van der Waals surface area contributed by atoms with Gasteiger partial charge in [-0.1, -0.05) is 6.07 Å². The van der Waals surface area contributed by atoms with Gasteiger partial charge in [0.25, 0.3) is 15.9 Å². The number of carbonyl (C=O) groups is 1. The van der Waals surface area contributed by atoms with Crippen molar-refractivity contribution in [2.75, 3.05) is 22.5 Å². The molecule has 0 saturated heterocycles. The van der Waals surface area contributed by atoms with Crippen LogP contribution in [-0.4, -0.2) is 36.8 Å². The molecule has 0 bridgehead atoms. The number of benzene rings is 1. The summed E-state index contributed by atoms with van der Waals surface area (Å²) in [7, 11) is -3.39. The quantitative estimate of drug-likeness (QED) is 0.867. The Kier molecular flexibility index (Phi) is 3.77. The predicted octanol–water partition coefficient (Wildman–Crippen LogP) is 2.25. The summed E-state index contributed by atoms with van der Waals surface area (Å²) >= 11 is 1.26. The SMILES string of the molecule is Cc1ccc(NC(=O)c2ccc3c(c2)SC2=NS(=O)(=O)CCN23)nc1. The fourth-order valence-corrected chi connectivity index (χ4v) is 4.90. The van der Waals surface area contributed by atoms with Crippen molar-refractivity contribution >= 4 is 44.4 Å². The van der Waals surface area contributed by atoms with Gasteiger partial charge < -0.3 is 10.2 Å². The molecule has 1 aromatic heterocycles. The van der Waals surface area contributed by atoms with Crippen molar-refractivity contribution in [3.05, 3.63) is 47.7 Å². The van der Waals surface area contributed by atoms with Gasteiger partial charge in [0.05, 0.1) is 11.4 Å². The highest BCUT2D eigenvalue weighted by molar-refractivity contribution is 8.15. The number of amides is 1. The van der Waals surface area contributed by atoms with Crippen LogP contribution in [0, 0.1) is 6.92 Å². The van der Waals surface area contributed by atoms with Gasteiger partial charge >= 0.3 is 0 Å². The van der Waals surface area contributed by atoms with Crippen LogP contribution in [0.5, 0.6) is 0 Å². The van der Waals surface area contributed by atoms with Crippen LogP contribution >= 0.6 is 11.8 Å². The van der Waals surface area contributed by atoms with E-state index in [1.54, 1.807) is 24.4 Å².